The fourth-order valence-electron chi connectivity index (χ4n) is 7.97. The Bertz CT molecular complexity index is 2560. The third-order valence-electron chi connectivity index (χ3n) is 10.7. The first kappa shape index (κ1) is 39.8. The minimum Gasteiger partial charge on any atom is -0.378 e. The molecule has 308 valence electrons. The highest BCUT2D eigenvalue weighted by molar-refractivity contribution is 6.04. The molecular formula is C41H37F7N8O3. The van der Waals surface area contributed by atoms with Crippen LogP contribution in [0.2, 0.25) is 0 Å². The number of aliphatic hydroxyl groups is 1. The molecule has 8 rings (SSSR count). The van der Waals surface area contributed by atoms with Crippen molar-refractivity contribution in [2.45, 2.75) is 88.2 Å². The molecule has 0 radical (unpaired) electrons. The molecule has 3 atom stereocenters. The normalized spacial score (nSPS) is 18.6. The van der Waals surface area contributed by atoms with Gasteiger partial charge in [-0.25, -0.2) is 18.6 Å². The van der Waals surface area contributed by atoms with Gasteiger partial charge in [0, 0.05) is 47.2 Å². The second-order valence-electron chi connectivity index (χ2n) is 15.8. The van der Waals surface area contributed by atoms with Crippen molar-refractivity contribution in [3.8, 4) is 23.0 Å². The molecular weight excluding hydrogens is 785 g/mol. The molecule has 2 saturated carbocycles. The van der Waals surface area contributed by atoms with Crippen LogP contribution in [0.4, 0.5) is 41.3 Å². The van der Waals surface area contributed by atoms with E-state index in [-0.39, 0.29) is 48.1 Å². The Hall–Kier alpha value is -5.96. The van der Waals surface area contributed by atoms with Gasteiger partial charge in [-0.15, -0.1) is 0 Å². The number of nitrogens with zero attached hydrogens (tertiary/aromatic N) is 5. The number of urea groups is 1. The number of anilines is 1. The van der Waals surface area contributed by atoms with Gasteiger partial charge in [0.05, 0.1) is 17.3 Å². The van der Waals surface area contributed by atoms with Crippen LogP contribution in [0.3, 0.4) is 0 Å². The highest BCUT2D eigenvalue weighted by atomic mass is 19.4. The second kappa shape index (κ2) is 14.4. The average molecular weight is 823 g/mol. The Morgan fingerprint density at radius 3 is 2.37 bits per heavy atom. The van der Waals surface area contributed by atoms with E-state index in [0.29, 0.717) is 32.8 Å². The summed E-state index contributed by atoms with van der Waals surface area (Å²) >= 11 is 0. The molecule has 5 aromatic rings. The number of fused-ring (bicyclic) bond motifs is 4. The molecule has 2 fully saturated rings. The lowest BCUT2D eigenvalue weighted by atomic mass is 9.73. The summed E-state index contributed by atoms with van der Waals surface area (Å²) < 4.78 is 105. The molecule has 3 amide bonds. The number of para-hydroxylation sites is 1. The lowest BCUT2D eigenvalue weighted by molar-refractivity contribution is -0.144. The Morgan fingerprint density at radius 1 is 1.00 bits per heavy atom. The summed E-state index contributed by atoms with van der Waals surface area (Å²) in [7, 11) is 1.64. The molecule has 3 aromatic heterocycles. The van der Waals surface area contributed by atoms with Crippen LogP contribution in [0, 0.1) is 29.4 Å². The smallest absolute Gasteiger partial charge is 0.378 e. The van der Waals surface area contributed by atoms with E-state index in [1.54, 1.807) is 31.3 Å². The summed E-state index contributed by atoms with van der Waals surface area (Å²) in [5, 5.41) is 27.2. The summed E-state index contributed by atoms with van der Waals surface area (Å²) in [6.07, 6.45) is -3.56. The zero-order chi connectivity index (χ0) is 42.2. The highest BCUT2D eigenvalue weighted by Gasteiger charge is 2.63. The maximum Gasteiger partial charge on any atom is 0.435 e. The van der Waals surface area contributed by atoms with Gasteiger partial charge in [-0.3, -0.25) is 19.5 Å². The van der Waals surface area contributed by atoms with Gasteiger partial charge in [-0.05, 0) is 93.7 Å². The van der Waals surface area contributed by atoms with E-state index in [1.165, 1.54) is 24.6 Å². The molecule has 3 aliphatic carbocycles. The summed E-state index contributed by atoms with van der Waals surface area (Å²) in [4.78, 5) is 31.5. The maximum absolute atomic E-state index is 15.7. The van der Waals surface area contributed by atoms with Gasteiger partial charge >= 0.3 is 12.2 Å². The lowest BCUT2D eigenvalue weighted by Gasteiger charge is -2.34. The Labute approximate surface area is 332 Å². The summed E-state index contributed by atoms with van der Waals surface area (Å²) in [5.41, 5.74) is -2.98. The molecule has 3 unspecified atom stereocenters. The number of aryl methyl sites for hydroxylation is 1. The fraction of sp³-hybridized carbons (Fsp3) is 0.390. The van der Waals surface area contributed by atoms with Crippen LogP contribution in [0.5, 0.6) is 0 Å². The van der Waals surface area contributed by atoms with E-state index >= 15 is 8.78 Å². The Morgan fingerprint density at radius 2 is 1.73 bits per heavy atom. The van der Waals surface area contributed by atoms with Gasteiger partial charge in [0.2, 0.25) is 5.91 Å². The van der Waals surface area contributed by atoms with E-state index < -0.39 is 82.6 Å². The first-order valence-corrected chi connectivity index (χ1v) is 18.9. The average Bonchev–Trinajstić information content (AvgIpc) is 3.71. The van der Waals surface area contributed by atoms with E-state index in [1.807, 2.05) is 0 Å². The van der Waals surface area contributed by atoms with Crippen molar-refractivity contribution in [3.05, 3.63) is 94.1 Å². The third kappa shape index (κ3) is 7.83. The number of pyridine rings is 1. The monoisotopic (exact) mass is 822 g/mol. The molecule has 59 heavy (non-hydrogen) atoms. The summed E-state index contributed by atoms with van der Waals surface area (Å²) in [5.74, 6) is -3.32. The minimum absolute atomic E-state index is 0.0118. The van der Waals surface area contributed by atoms with Crippen LogP contribution >= 0.6 is 0 Å². The van der Waals surface area contributed by atoms with Crippen molar-refractivity contribution in [2.75, 3.05) is 5.32 Å². The van der Waals surface area contributed by atoms with Gasteiger partial charge < -0.3 is 15.7 Å². The van der Waals surface area contributed by atoms with Gasteiger partial charge in [-0.2, -0.15) is 32.1 Å². The van der Waals surface area contributed by atoms with Crippen LogP contribution in [0.25, 0.3) is 22.0 Å². The molecule has 4 N–H and O–H groups in total. The molecule has 0 saturated heterocycles. The number of hydrogen-bond donors (Lipinski definition) is 4. The quantitative estimate of drug-likeness (QED) is 0.0915. The standard InChI is InChI=1S/C41H37F7N8O3/c1-39(2,59)14-13-24-9-10-25(26-5-4-6-28-34(26)55(3)54-37(28)52-38(58)50-23-7-8-23)33(49-24)30(17-20-15-21(42)18-22(43)16-20)51-31(57)19-56-36-32(35(53-56)41(46,47)48)27-11-12-29(27)40(36,44)45/h4-6,9-10,15-16,18,23,27,29-30,59H,7-8,11-12,17,19H2,1-3H3,(H,51,57)(H2,50,52,54,58). The fourth-order valence-corrected chi connectivity index (χ4v) is 7.97. The minimum atomic E-state index is -5.07. The number of aromatic nitrogens is 5. The molecule has 3 aliphatic rings. The Balaban J connectivity index is 1.24. The van der Waals surface area contributed by atoms with E-state index in [9.17, 15) is 36.6 Å². The van der Waals surface area contributed by atoms with Crippen molar-refractivity contribution in [1.29, 1.82) is 0 Å². The zero-order valence-electron chi connectivity index (χ0n) is 31.8. The van der Waals surface area contributed by atoms with Crippen molar-refractivity contribution in [2.24, 2.45) is 13.0 Å². The highest BCUT2D eigenvalue weighted by Crippen LogP contribution is 2.64. The number of halogens is 7. The van der Waals surface area contributed by atoms with E-state index in [2.05, 4.69) is 38.0 Å². The third-order valence-corrected chi connectivity index (χ3v) is 10.7. The molecule has 0 aliphatic heterocycles. The lowest BCUT2D eigenvalue weighted by Crippen LogP contribution is -2.36. The van der Waals surface area contributed by atoms with Gasteiger partial charge in [0.25, 0.3) is 5.92 Å². The molecule has 0 bridgehead atoms. The number of hydrogen-bond acceptors (Lipinski definition) is 6. The maximum atomic E-state index is 15.7. The van der Waals surface area contributed by atoms with Gasteiger partial charge in [0.1, 0.15) is 35.2 Å². The molecule has 18 heteroatoms. The largest absolute Gasteiger partial charge is 0.435 e. The van der Waals surface area contributed by atoms with Crippen LogP contribution in [0.15, 0.2) is 48.5 Å². The molecule has 11 nitrogen and oxygen atoms in total. The van der Waals surface area contributed by atoms with E-state index in [0.717, 1.165) is 25.0 Å². The number of benzene rings is 2. The Kier molecular flexibility index (Phi) is 9.72. The number of nitrogens with one attached hydrogen (secondary N) is 3. The van der Waals surface area contributed by atoms with Gasteiger partial charge in [-0.1, -0.05) is 18.1 Å². The van der Waals surface area contributed by atoms with Crippen LogP contribution < -0.4 is 16.0 Å². The first-order valence-electron chi connectivity index (χ1n) is 18.9. The predicted molar refractivity (Wildman–Crippen MR) is 200 cm³/mol. The molecule has 2 aromatic carbocycles. The number of alkyl halides is 5. The number of carbonyl (C=O) groups excluding carboxylic acids is 2. The van der Waals surface area contributed by atoms with Gasteiger partial charge in [0.15, 0.2) is 11.5 Å². The topological polar surface area (TPSA) is 139 Å². The van der Waals surface area contributed by atoms with Crippen LogP contribution in [-0.4, -0.2) is 53.2 Å². The van der Waals surface area contributed by atoms with Crippen LogP contribution in [0.1, 0.15) is 85.4 Å². The summed E-state index contributed by atoms with van der Waals surface area (Å²) in [6.45, 7) is 1.84. The zero-order valence-corrected chi connectivity index (χ0v) is 31.8. The second-order valence-corrected chi connectivity index (χ2v) is 15.8. The van der Waals surface area contributed by atoms with E-state index in [4.69, 9.17) is 4.98 Å². The van der Waals surface area contributed by atoms with Crippen molar-refractivity contribution < 1.29 is 45.4 Å². The van der Waals surface area contributed by atoms with Crippen molar-refractivity contribution in [1.82, 2.24) is 35.2 Å². The number of carbonyl (C=O) groups is 2. The van der Waals surface area contributed by atoms with Crippen LogP contribution in [-0.2, 0) is 36.9 Å². The first-order chi connectivity index (χ1) is 27.8. The molecule has 0 spiro atoms. The predicted octanol–water partition coefficient (Wildman–Crippen LogP) is 7.23. The number of rotatable bonds is 9. The van der Waals surface area contributed by atoms with Crippen molar-refractivity contribution >= 4 is 28.7 Å². The van der Waals surface area contributed by atoms with Crippen molar-refractivity contribution in [3.63, 3.8) is 0 Å². The molecule has 3 heterocycles. The summed E-state index contributed by atoms with van der Waals surface area (Å²) in [6, 6.07) is 9.28. The SMILES string of the molecule is Cn1nc(NC(=O)NC2CC2)c2cccc(-c3ccc(C#CC(C)(C)O)nc3C(Cc3cc(F)cc(F)c3)NC(=O)Cn3nc(C(F)(F)F)c4c3C(F)(F)C3CCC43)c21. The number of amides is 3.